The minimum Gasteiger partial charge on any atom is -0.483 e. The number of nitrogens with zero attached hydrogens (tertiary/aromatic N) is 2. The molecule has 7 nitrogen and oxygen atoms in total. The van der Waals surface area contributed by atoms with Gasteiger partial charge in [-0.15, -0.1) is 0 Å². The lowest BCUT2D eigenvalue weighted by Crippen LogP contribution is -2.43. The zero-order chi connectivity index (χ0) is 23.2. The van der Waals surface area contributed by atoms with Crippen molar-refractivity contribution in [1.29, 1.82) is 0 Å². The molecule has 0 amide bonds. The number of rotatable bonds is 4. The molecule has 2 rings (SSSR count). The molecular formula is C17H15F6N3O4. The summed E-state index contributed by atoms with van der Waals surface area (Å²) in [6.07, 6.45) is -11.9. The van der Waals surface area contributed by atoms with Crippen molar-refractivity contribution in [3.05, 3.63) is 55.7 Å². The standard InChI is InChI=1S/C17H15F6N3O4/c1-7(12(27)11-13(24)25(2)15(29)26(3)14(11)28)30-10-5-8(16(18,19)20)4-9(6-10)17(21,22)23/h4-7H,24H2,1-3H3. The summed E-state index contributed by atoms with van der Waals surface area (Å²) in [6, 6.07) is 0.489. The van der Waals surface area contributed by atoms with Gasteiger partial charge in [-0.2, -0.15) is 26.3 Å². The van der Waals surface area contributed by atoms with E-state index in [2.05, 4.69) is 0 Å². The van der Waals surface area contributed by atoms with Gasteiger partial charge >= 0.3 is 18.0 Å². The molecule has 0 bridgehead atoms. The summed E-state index contributed by atoms with van der Waals surface area (Å²) in [5.41, 5.74) is -0.256. The lowest BCUT2D eigenvalue weighted by Gasteiger charge is -2.18. The van der Waals surface area contributed by atoms with Crippen molar-refractivity contribution in [1.82, 2.24) is 9.13 Å². The average molecular weight is 439 g/mol. The highest BCUT2D eigenvalue weighted by molar-refractivity contribution is 6.02. The van der Waals surface area contributed by atoms with Gasteiger partial charge in [0.15, 0.2) is 6.10 Å². The maximum Gasteiger partial charge on any atom is 0.416 e. The summed E-state index contributed by atoms with van der Waals surface area (Å²) in [6.45, 7) is 1.01. The molecule has 0 radical (unpaired) electrons. The van der Waals surface area contributed by atoms with E-state index in [1.807, 2.05) is 0 Å². The van der Waals surface area contributed by atoms with Gasteiger partial charge in [0.1, 0.15) is 17.1 Å². The summed E-state index contributed by atoms with van der Waals surface area (Å²) in [7, 11) is 2.23. The molecule has 0 saturated heterocycles. The highest BCUT2D eigenvalue weighted by Gasteiger charge is 2.37. The number of alkyl halides is 6. The summed E-state index contributed by atoms with van der Waals surface area (Å²) in [5.74, 6) is -2.54. The second kappa shape index (κ2) is 7.54. The summed E-state index contributed by atoms with van der Waals surface area (Å²) in [5, 5.41) is 0. The van der Waals surface area contributed by atoms with Crippen molar-refractivity contribution in [3.63, 3.8) is 0 Å². The average Bonchev–Trinajstić information content (AvgIpc) is 2.63. The molecular weight excluding hydrogens is 424 g/mol. The van der Waals surface area contributed by atoms with Crippen LogP contribution in [0.5, 0.6) is 5.75 Å². The van der Waals surface area contributed by atoms with Crippen LogP contribution in [0.25, 0.3) is 0 Å². The minimum absolute atomic E-state index is 0.0972. The van der Waals surface area contributed by atoms with Crippen LogP contribution in [-0.4, -0.2) is 21.0 Å². The van der Waals surface area contributed by atoms with Gasteiger partial charge in [-0.25, -0.2) is 4.79 Å². The molecule has 0 aliphatic carbocycles. The minimum atomic E-state index is -5.11. The lowest BCUT2D eigenvalue weighted by molar-refractivity contribution is -0.143. The summed E-state index contributed by atoms with van der Waals surface area (Å²) < 4.78 is 84.0. The molecule has 0 spiro atoms. The van der Waals surface area contributed by atoms with Gasteiger partial charge in [0.2, 0.25) is 5.78 Å². The van der Waals surface area contributed by atoms with E-state index >= 15 is 0 Å². The second-order valence-electron chi connectivity index (χ2n) is 6.33. The largest absolute Gasteiger partial charge is 0.483 e. The smallest absolute Gasteiger partial charge is 0.416 e. The lowest BCUT2D eigenvalue weighted by atomic mass is 10.1. The number of benzene rings is 1. The molecule has 0 aliphatic heterocycles. The van der Waals surface area contributed by atoms with Crippen LogP contribution in [0.2, 0.25) is 0 Å². The van der Waals surface area contributed by atoms with Crippen LogP contribution in [0, 0.1) is 0 Å². The van der Waals surface area contributed by atoms with Crippen molar-refractivity contribution in [2.45, 2.75) is 25.4 Å². The highest BCUT2D eigenvalue weighted by Crippen LogP contribution is 2.38. The summed E-state index contributed by atoms with van der Waals surface area (Å²) in [4.78, 5) is 36.6. The number of Topliss-reactive ketones (excluding diaryl/α,β-unsaturated/α-hetero) is 1. The summed E-state index contributed by atoms with van der Waals surface area (Å²) >= 11 is 0. The van der Waals surface area contributed by atoms with Crippen LogP contribution < -0.4 is 21.7 Å². The first-order chi connectivity index (χ1) is 13.6. The molecule has 1 aromatic carbocycles. The van der Waals surface area contributed by atoms with E-state index in [1.54, 1.807) is 0 Å². The number of halogens is 6. The molecule has 30 heavy (non-hydrogen) atoms. The first-order valence-electron chi connectivity index (χ1n) is 8.11. The van der Waals surface area contributed by atoms with Gasteiger partial charge in [0, 0.05) is 14.1 Å². The maximum absolute atomic E-state index is 12.9. The van der Waals surface area contributed by atoms with Crippen LogP contribution in [0.1, 0.15) is 28.4 Å². The Balaban J connectivity index is 2.51. The fourth-order valence-corrected chi connectivity index (χ4v) is 2.55. The van der Waals surface area contributed by atoms with Crippen molar-refractivity contribution in [2.24, 2.45) is 14.1 Å². The number of hydrogen-bond acceptors (Lipinski definition) is 5. The van der Waals surface area contributed by atoms with E-state index in [-0.39, 0.29) is 6.07 Å². The third-order valence-corrected chi connectivity index (χ3v) is 4.20. The second-order valence-corrected chi connectivity index (χ2v) is 6.33. The van der Waals surface area contributed by atoms with E-state index in [9.17, 15) is 40.7 Å². The quantitative estimate of drug-likeness (QED) is 0.583. The number of ketones is 1. The van der Waals surface area contributed by atoms with Gasteiger partial charge in [0.25, 0.3) is 5.56 Å². The number of nitrogens with two attached hydrogens (primary N) is 1. The molecule has 1 unspecified atom stereocenters. The Morgan fingerprint density at radius 1 is 0.967 bits per heavy atom. The van der Waals surface area contributed by atoms with Crippen LogP contribution in [-0.2, 0) is 26.4 Å². The number of carbonyl (C=O) groups is 1. The predicted molar refractivity (Wildman–Crippen MR) is 92.2 cm³/mol. The van der Waals surface area contributed by atoms with Crippen molar-refractivity contribution >= 4 is 11.6 Å². The molecule has 2 aromatic rings. The first-order valence-corrected chi connectivity index (χ1v) is 8.11. The van der Waals surface area contributed by atoms with Gasteiger partial charge in [-0.05, 0) is 25.1 Å². The Morgan fingerprint density at radius 2 is 1.43 bits per heavy atom. The topological polar surface area (TPSA) is 96.3 Å². The number of carbonyl (C=O) groups excluding carboxylic acids is 1. The first kappa shape index (κ1) is 23.0. The van der Waals surface area contributed by atoms with Crippen molar-refractivity contribution < 1.29 is 35.9 Å². The van der Waals surface area contributed by atoms with E-state index in [4.69, 9.17) is 10.5 Å². The van der Waals surface area contributed by atoms with E-state index in [0.29, 0.717) is 16.7 Å². The number of anilines is 1. The van der Waals surface area contributed by atoms with Crippen LogP contribution >= 0.6 is 0 Å². The molecule has 164 valence electrons. The molecule has 2 N–H and O–H groups in total. The molecule has 13 heteroatoms. The fraction of sp³-hybridized carbons (Fsp3) is 0.353. The number of aromatic nitrogens is 2. The fourth-order valence-electron chi connectivity index (χ4n) is 2.55. The zero-order valence-corrected chi connectivity index (χ0v) is 15.7. The molecule has 1 heterocycles. The molecule has 0 fully saturated rings. The number of hydrogen-bond donors (Lipinski definition) is 1. The Bertz CT molecular complexity index is 1080. The number of ether oxygens (including phenoxy) is 1. The predicted octanol–water partition coefficient (Wildman–Crippen LogP) is 2.35. The zero-order valence-electron chi connectivity index (χ0n) is 15.7. The monoisotopic (exact) mass is 439 g/mol. The Hall–Kier alpha value is -3.25. The van der Waals surface area contributed by atoms with E-state index < -0.39 is 63.7 Å². The van der Waals surface area contributed by atoms with Crippen molar-refractivity contribution in [3.8, 4) is 5.75 Å². The maximum atomic E-state index is 12.9. The molecule has 1 aromatic heterocycles. The van der Waals surface area contributed by atoms with Gasteiger partial charge in [0.05, 0.1) is 11.1 Å². The Labute approximate surface area is 164 Å². The normalized spacial score (nSPS) is 13.2. The molecule has 1 atom stereocenters. The Kier molecular flexibility index (Phi) is 5.79. The third-order valence-electron chi connectivity index (χ3n) is 4.20. The van der Waals surface area contributed by atoms with Gasteiger partial charge in [-0.3, -0.25) is 18.7 Å². The van der Waals surface area contributed by atoms with Gasteiger partial charge in [-0.1, -0.05) is 0 Å². The Morgan fingerprint density at radius 3 is 1.87 bits per heavy atom. The van der Waals surface area contributed by atoms with E-state index in [0.717, 1.165) is 18.5 Å². The van der Waals surface area contributed by atoms with Gasteiger partial charge < -0.3 is 10.5 Å². The number of nitrogen functional groups attached to an aromatic ring is 1. The highest BCUT2D eigenvalue weighted by atomic mass is 19.4. The van der Waals surface area contributed by atoms with Crippen molar-refractivity contribution in [2.75, 3.05) is 5.73 Å². The van der Waals surface area contributed by atoms with Crippen LogP contribution in [0.3, 0.4) is 0 Å². The third kappa shape index (κ3) is 4.33. The molecule has 0 aliphatic rings. The van der Waals surface area contributed by atoms with Crippen LogP contribution in [0.4, 0.5) is 32.2 Å². The SMILES string of the molecule is CC(Oc1cc(C(F)(F)F)cc(C(F)(F)F)c1)C(=O)c1c(N)n(C)c(=O)n(C)c1=O. The molecule has 0 saturated carbocycles. The van der Waals surface area contributed by atoms with Crippen LogP contribution in [0.15, 0.2) is 27.8 Å². The van der Waals surface area contributed by atoms with E-state index in [1.165, 1.54) is 7.05 Å².